The molecule has 1 aliphatic heterocycles. The minimum Gasteiger partial charge on any atom is -0.504 e. The molecule has 0 bridgehead atoms. The Hall–Kier alpha value is -1.73. The predicted octanol–water partition coefficient (Wildman–Crippen LogP) is 4.38. The fourth-order valence-corrected chi connectivity index (χ4v) is 4.21. The number of phenols is 1. The van der Waals surface area contributed by atoms with E-state index in [9.17, 15) is 9.90 Å². The molecule has 7 heteroatoms. The number of hydrogen-bond donors (Lipinski definition) is 1. The molecule has 1 aromatic carbocycles. The molecule has 0 spiro atoms. The number of carbonyl (C=O) groups excluding carboxylic acids is 1. The average molecular weight is 426 g/mol. The van der Waals surface area contributed by atoms with Crippen molar-refractivity contribution in [2.75, 3.05) is 26.8 Å². The zero-order valence-electron chi connectivity index (χ0n) is 15.4. The van der Waals surface area contributed by atoms with Gasteiger partial charge in [-0.15, -0.1) is 0 Å². The molecular weight excluding hydrogens is 402 g/mol. The number of ether oxygens (including phenoxy) is 2. The molecule has 0 amide bonds. The minimum absolute atomic E-state index is 0.114. The summed E-state index contributed by atoms with van der Waals surface area (Å²) in [5, 5.41) is 11.1. The van der Waals surface area contributed by atoms with Gasteiger partial charge in [-0.05, 0) is 55.7 Å². The number of halogens is 1. The van der Waals surface area contributed by atoms with Crippen molar-refractivity contribution in [3.05, 3.63) is 21.4 Å². The number of methoxy groups -OCH3 is 1. The Balaban J connectivity index is 2.20. The van der Waals surface area contributed by atoms with Gasteiger partial charge < -0.3 is 19.0 Å². The second-order valence-electron chi connectivity index (χ2n) is 6.47. The first-order valence-electron chi connectivity index (χ1n) is 8.89. The van der Waals surface area contributed by atoms with Gasteiger partial charge in [0.05, 0.1) is 23.6 Å². The van der Waals surface area contributed by atoms with Crippen LogP contribution >= 0.6 is 15.9 Å². The number of hydrogen-bond acceptors (Lipinski definition) is 6. The Kier molecular flexibility index (Phi) is 5.77. The standard InChI is InChI=1S/C19H24BrNO5/c1-4-25-19(23)13-11(2)26-17-12(10-21-8-6-5-7-9-21)15(20)18(24-3)16(22)14(13)17/h22H,4-10H2,1-3H3. The van der Waals surface area contributed by atoms with Gasteiger partial charge in [-0.1, -0.05) is 6.42 Å². The van der Waals surface area contributed by atoms with Crippen molar-refractivity contribution in [3.8, 4) is 11.5 Å². The van der Waals surface area contributed by atoms with E-state index in [1.165, 1.54) is 26.4 Å². The lowest BCUT2D eigenvalue weighted by atomic mass is 10.0. The molecule has 1 N–H and O–H groups in total. The summed E-state index contributed by atoms with van der Waals surface area (Å²) < 4.78 is 17.1. The van der Waals surface area contributed by atoms with Crippen LogP contribution < -0.4 is 4.74 Å². The zero-order chi connectivity index (χ0) is 18.8. The van der Waals surface area contributed by atoms with Crippen LogP contribution in [-0.2, 0) is 11.3 Å². The Bertz CT molecular complexity index is 823. The monoisotopic (exact) mass is 425 g/mol. The van der Waals surface area contributed by atoms with Gasteiger partial charge in [0, 0.05) is 12.1 Å². The first-order chi connectivity index (χ1) is 12.5. The van der Waals surface area contributed by atoms with Crippen LogP contribution in [0.4, 0.5) is 0 Å². The van der Waals surface area contributed by atoms with Crippen LogP contribution in [0.25, 0.3) is 11.0 Å². The Morgan fingerprint density at radius 2 is 2.00 bits per heavy atom. The molecule has 1 fully saturated rings. The van der Waals surface area contributed by atoms with E-state index < -0.39 is 5.97 Å². The van der Waals surface area contributed by atoms with Gasteiger partial charge in [0.25, 0.3) is 0 Å². The van der Waals surface area contributed by atoms with Gasteiger partial charge in [0.2, 0.25) is 0 Å². The number of likely N-dealkylation sites (tertiary alicyclic amines) is 1. The van der Waals surface area contributed by atoms with E-state index in [4.69, 9.17) is 13.9 Å². The molecule has 0 aliphatic carbocycles. The van der Waals surface area contributed by atoms with Crippen molar-refractivity contribution >= 4 is 32.9 Å². The molecule has 2 aromatic rings. The lowest BCUT2D eigenvalue weighted by Crippen LogP contribution is -2.29. The third kappa shape index (κ3) is 3.30. The topological polar surface area (TPSA) is 72.1 Å². The van der Waals surface area contributed by atoms with Crippen molar-refractivity contribution in [1.82, 2.24) is 4.90 Å². The van der Waals surface area contributed by atoms with Crippen LogP contribution in [0.1, 0.15) is 47.9 Å². The highest BCUT2D eigenvalue weighted by Gasteiger charge is 2.30. The van der Waals surface area contributed by atoms with Gasteiger partial charge >= 0.3 is 5.97 Å². The van der Waals surface area contributed by atoms with Gasteiger partial charge in [-0.25, -0.2) is 4.79 Å². The van der Waals surface area contributed by atoms with Crippen molar-refractivity contribution in [2.45, 2.75) is 39.7 Å². The van der Waals surface area contributed by atoms with E-state index in [1.54, 1.807) is 13.8 Å². The molecule has 2 heterocycles. The van der Waals surface area contributed by atoms with Crippen LogP contribution in [0.3, 0.4) is 0 Å². The van der Waals surface area contributed by atoms with E-state index in [0.29, 0.717) is 33.5 Å². The Morgan fingerprint density at radius 3 is 2.62 bits per heavy atom. The van der Waals surface area contributed by atoms with E-state index in [1.807, 2.05) is 0 Å². The van der Waals surface area contributed by atoms with Crippen LogP contribution in [-0.4, -0.2) is 42.8 Å². The third-order valence-corrected chi connectivity index (χ3v) is 5.63. The van der Waals surface area contributed by atoms with E-state index >= 15 is 0 Å². The summed E-state index contributed by atoms with van der Waals surface area (Å²) in [6.07, 6.45) is 3.58. The first kappa shape index (κ1) is 19.0. The van der Waals surface area contributed by atoms with Gasteiger partial charge in [-0.2, -0.15) is 0 Å². The van der Waals surface area contributed by atoms with Crippen LogP contribution in [0.15, 0.2) is 8.89 Å². The molecule has 3 rings (SSSR count). The summed E-state index contributed by atoms with van der Waals surface area (Å²) in [5.74, 6) is 0.105. The summed E-state index contributed by atoms with van der Waals surface area (Å²) in [4.78, 5) is 14.8. The SMILES string of the molecule is CCOC(=O)c1c(C)oc2c(CN3CCCCC3)c(Br)c(OC)c(O)c12. The highest BCUT2D eigenvalue weighted by Crippen LogP contribution is 2.47. The number of fused-ring (bicyclic) bond motifs is 1. The molecule has 1 aromatic heterocycles. The van der Waals surface area contributed by atoms with Crippen molar-refractivity contribution in [1.29, 1.82) is 0 Å². The number of nitrogens with zero attached hydrogens (tertiary/aromatic N) is 1. The third-order valence-electron chi connectivity index (χ3n) is 4.79. The Labute approximate surface area is 161 Å². The van der Waals surface area contributed by atoms with Crippen molar-refractivity contribution in [2.24, 2.45) is 0 Å². The molecule has 0 unspecified atom stereocenters. The van der Waals surface area contributed by atoms with E-state index in [0.717, 1.165) is 18.7 Å². The number of aryl methyl sites for hydroxylation is 1. The number of furan rings is 1. The van der Waals surface area contributed by atoms with Crippen molar-refractivity contribution in [3.63, 3.8) is 0 Å². The zero-order valence-corrected chi connectivity index (χ0v) is 16.9. The number of rotatable bonds is 5. The van der Waals surface area contributed by atoms with E-state index in [-0.39, 0.29) is 17.9 Å². The maximum atomic E-state index is 12.4. The lowest BCUT2D eigenvalue weighted by molar-refractivity contribution is 0.0526. The molecule has 26 heavy (non-hydrogen) atoms. The fourth-order valence-electron chi connectivity index (χ4n) is 3.56. The smallest absolute Gasteiger partial charge is 0.342 e. The summed E-state index contributed by atoms with van der Waals surface area (Å²) >= 11 is 3.55. The maximum absolute atomic E-state index is 12.4. The summed E-state index contributed by atoms with van der Waals surface area (Å²) in [6, 6.07) is 0. The molecular formula is C19H24BrNO5. The van der Waals surface area contributed by atoms with Gasteiger partial charge in [0.1, 0.15) is 16.9 Å². The lowest BCUT2D eigenvalue weighted by Gasteiger charge is -2.27. The minimum atomic E-state index is -0.507. The molecule has 6 nitrogen and oxygen atoms in total. The molecule has 1 aliphatic rings. The molecule has 1 saturated heterocycles. The van der Waals surface area contributed by atoms with E-state index in [2.05, 4.69) is 20.8 Å². The van der Waals surface area contributed by atoms with Crippen LogP contribution in [0.2, 0.25) is 0 Å². The number of piperidine rings is 1. The largest absolute Gasteiger partial charge is 0.504 e. The summed E-state index contributed by atoms with van der Waals surface area (Å²) in [6.45, 7) is 6.39. The predicted molar refractivity (Wildman–Crippen MR) is 102 cm³/mol. The van der Waals surface area contributed by atoms with Crippen LogP contribution in [0, 0.1) is 6.92 Å². The number of esters is 1. The fraction of sp³-hybridized carbons (Fsp3) is 0.526. The van der Waals surface area contributed by atoms with Crippen LogP contribution in [0.5, 0.6) is 11.5 Å². The molecule has 0 atom stereocenters. The molecule has 0 radical (unpaired) electrons. The normalized spacial score (nSPS) is 15.4. The summed E-state index contributed by atoms with van der Waals surface area (Å²) in [5.41, 5.74) is 1.63. The second kappa shape index (κ2) is 7.88. The quantitative estimate of drug-likeness (QED) is 0.716. The van der Waals surface area contributed by atoms with Crippen molar-refractivity contribution < 1.29 is 23.8 Å². The first-order valence-corrected chi connectivity index (χ1v) is 9.68. The van der Waals surface area contributed by atoms with Gasteiger partial charge in [-0.3, -0.25) is 4.90 Å². The second-order valence-corrected chi connectivity index (χ2v) is 7.26. The summed E-state index contributed by atoms with van der Waals surface area (Å²) in [7, 11) is 1.49. The van der Waals surface area contributed by atoms with Gasteiger partial charge in [0.15, 0.2) is 11.5 Å². The number of phenolic OH excluding ortho intramolecular Hbond substituents is 1. The number of benzene rings is 1. The number of aromatic hydroxyl groups is 1. The highest BCUT2D eigenvalue weighted by atomic mass is 79.9. The highest BCUT2D eigenvalue weighted by molar-refractivity contribution is 9.10. The number of carbonyl (C=O) groups is 1. The molecule has 142 valence electrons. The maximum Gasteiger partial charge on any atom is 0.342 e. The molecule has 0 saturated carbocycles. The average Bonchev–Trinajstić information content (AvgIpc) is 2.97. The Morgan fingerprint density at radius 1 is 1.31 bits per heavy atom.